The molecule has 0 fully saturated rings. The molecule has 2 amide bonds. The van der Waals surface area contributed by atoms with Crippen LogP contribution in [0.15, 0.2) is 33.4 Å². The van der Waals surface area contributed by atoms with Crippen LogP contribution in [0.2, 0.25) is 0 Å². The number of hydrogen-bond acceptors (Lipinski definition) is 5. The van der Waals surface area contributed by atoms with E-state index in [-0.39, 0.29) is 24.7 Å². The van der Waals surface area contributed by atoms with E-state index in [0.29, 0.717) is 11.5 Å². The van der Waals surface area contributed by atoms with Crippen LogP contribution in [0, 0.1) is 6.92 Å². The first-order valence-corrected chi connectivity index (χ1v) is 5.66. The van der Waals surface area contributed by atoms with Crippen LogP contribution < -0.4 is 10.6 Å². The van der Waals surface area contributed by atoms with Crippen LogP contribution >= 0.6 is 0 Å². The first-order chi connectivity index (χ1) is 9.15. The van der Waals surface area contributed by atoms with E-state index in [1.165, 1.54) is 12.3 Å². The lowest BCUT2D eigenvalue weighted by Gasteiger charge is -2.04. The zero-order chi connectivity index (χ0) is 13.7. The maximum atomic E-state index is 11.6. The monoisotopic (exact) mass is 263 g/mol. The highest BCUT2D eigenvalue weighted by Gasteiger charge is 2.12. The quantitative estimate of drug-likeness (QED) is 0.824. The Morgan fingerprint density at radius 3 is 2.84 bits per heavy atom. The fourth-order valence-electron chi connectivity index (χ4n) is 1.39. The van der Waals surface area contributed by atoms with Crippen LogP contribution in [0.5, 0.6) is 0 Å². The summed E-state index contributed by atoms with van der Waals surface area (Å²) in [5.74, 6) is 0.411. The van der Waals surface area contributed by atoms with Crippen molar-refractivity contribution in [2.75, 3.05) is 6.54 Å². The number of furan rings is 1. The van der Waals surface area contributed by atoms with Gasteiger partial charge in [0.25, 0.3) is 5.91 Å². The van der Waals surface area contributed by atoms with Crippen molar-refractivity contribution in [1.82, 2.24) is 15.8 Å². The van der Waals surface area contributed by atoms with Crippen molar-refractivity contribution in [2.45, 2.75) is 13.5 Å². The molecule has 2 aromatic rings. The molecule has 2 N–H and O–H groups in total. The van der Waals surface area contributed by atoms with E-state index in [4.69, 9.17) is 8.94 Å². The highest BCUT2D eigenvalue weighted by Crippen LogP contribution is 2.01. The van der Waals surface area contributed by atoms with Gasteiger partial charge >= 0.3 is 0 Å². The molecule has 0 spiro atoms. The molecule has 19 heavy (non-hydrogen) atoms. The average molecular weight is 263 g/mol. The topological polar surface area (TPSA) is 97.4 Å². The highest BCUT2D eigenvalue weighted by molar-refractivity contribution is 5.94. The number of aryl methyl sites for hydroxylation is 1. The zero-order valence-electron chi connectivity index (χ0n) is 10.3. The highest BCUT2D eigenvalue weighted by atomic mass is 16.5. The van der Waals surface area contributed by atoms with Crippen molar-refractivity contribution in [2.24, 2.45) is 0 Å². The van der Waals surface area contributed by atoms with Crippen LogP contribution in [0.3, 0.4) is 0 Å². The Bertz CT molecular complexity index is 559. The fourth-order valence-corrected chi connectivity index (χ4v) is 1.39. The summed E-state index contributed by atoms with van der Waals surface area (Å²) >= 11 is 0. The molecule has 0 aliphatic heterocycles. The van der Waals surface area contributed by atoms with E-state index in [2.05, 4.69) is 15.8 Å². The van der Waals surface area contributed by atoms with Gasteiger partial charge in [0.15, 0.2) is 5.69 Å². The molecular formula is C12H13N3O4. The van der Waals surface area contributed by atoms with Gasteiger partial charge in [0, 0.05) is 6.07 Å². The molecule has 0 radical (unpaired) electrons. The fraction of sp³-hybridized carbons (Fsp3) is 0.250. The van der Waals surface area contributed by atoms with Crippen molar-refractivity contribution < 1.29 is 18.5 Å². The van der Waals surface area contributed by atoms with Crippen LogP contribution in [0.4, 0.5) is 0 Å². The van der Waals surface area contributed by atoms with E-state index in [0.717, 1.165) is 0 Å². The van der Waals surface area contributed by atoms with E-state index in [1.54, 1.807) is 19.1 Å². The molecule has 100 valence electrons. The Balaban J connectivity index is 1.73. The van der Waals surface area contributed by atoms with Gasteiger partial charge in [-0.3, -0.25) is 9.59 Å². The number of amides is 2. The summed E-state index contributed by atoms with van der Waals surface area (Å²) in [6.07, 6.45) is 1.52. The summed E-state index contributed by atoms with van der Waals surface area (Å²) in [5.41, 5.74) is 0.149. The molecule has 0 bridgehead atoms. The van der Waals surface area contributed by atoms with E-state index < -0.39 is 5.91 Å². The van der Waals surface area contributed by atoms with E-state index in [1.807, 2.05) is 0 Å². The summed E-state index contributed by atoms with van der Waals surface area (Å²) in [6.45, 7) is 1.83. The molecule has 0 aliphatic carbocycles. The van der Waals surface area contributed by atoms with Gasteiger partial charge < -0.3 is 19.6 Å². The summed E-state index contributed by atoms with van der Waals surface area (Å²) < 4.78 is 9.82. The molecular weight excluding hydrogens is 250 g/mol. The van der Waals surface area contributed by atoms with Crippen molar-refractivity contribution >= 4 is 11.8 Å². The summed E-state index contributed by atoms with van der Waals surface area (Å²) in [4.78, 5) is 23.0. The minimum atomic E-state index is -0.454. The lowest BCUT2D eigenvalue weighted by Crippen LogP contribution is -2.36. The number of hydrogen-bond donors (Lipinski definition) is 2. The van der Waals surface area contributed by atoms with Gasteiger partial charge in [-0.15, -0.1) is 0 Å². The van der Waals surface area contributed by atoms with Crippen molar-refractivity contribution in [3.8, 4) is 0 Å². The second kappa shape index (κ2) is 5.85. The molecule has 0 aliphatic rings. The van der Waals surface area contributed by atoms with Crippen LogP contribution in [0.1, 0.15) is 22.0 Å². The van der Waals surface area contributed by atoms with Gasteiger partial charge in [-0.05, 0) is 19.1 Å². The standard InChI is InChI=1S/C12H13N3O4/c1-8-5-10(15-19-8)12(17)14-7-11(16)13-6-9-3-2-4-18-9/h2-5H,6-7H2,1H3,(H,13,16)(H,14,17). The third-order valence-electron chi connectivity index (χ3n) is 2.31. The van der Waals surface area contributed by atoms with Gasteiger partial charge in [-0.25, -0.2) is 0 Å². The average Bonchev–Trinajstić information content (AvgIpc) is 3.04. The Labute approximate surface area is 108 Å². The number of rotatable bonds is 5. The molecule has 0 atom stereocenters. The molecule has 2 aromatic heterocycles. The maximum absolute atomic E-state index is 11.6. The van der Waals surface area contributed by atoms with E-state index in [9.17, 15) is 9.59 Å². The number of aromatic nitrogens is 1. The molecule has 2 rings (SSSR count). The first kappa shape index (κ1) is 12.9. The van der Waals surface area contributed by atoms with Crippen molar-refractivity contribution in [3.05, 3.63) is 41.7 Å². The van der Waals surface area contributed by atoms with Crippen LogP contribution in [-0.2, 0) is 11.3 Å². The maximum Gasteiger partial charge on any atom is 0.273 e. The summed E-state index contributed by atoms with van der Waals surface area (Å²) in [5, 5.41) is 8.59. The minimum absolute atomic E-state index is 0.133. The molecule has 0 saturated heterocycles. The SMILES string of the molecule is Cc1cc(C(=O)NCC(=O)NCc2ccco2)no1. The summed E-state index contributed by atoms with van der Waals surface area (Å²) in [6, 6.07) is 4.98. The molecule has 7 nitrogen and oxygen atoms in total. The lowest BCUT2D eigenvalue weighted by molar-refractivity contribution is -0.120. The third-order valence-corrected chi connectivity index (χ3v) is 2.31. The lowest BCUT2D eigenvalue weighted by atomic mass is 10.3. The van der Waals surface area contributed by atoms with Gasteiger partial charge in [0.2, 0.25) is 5.91 Å². The van der Waals surface area contributed by atoms with Gasteiger partial charge in [0.05, 0.1) is 19.4 Å². The zero-order valence-corrected chi connectivity index (χ0v) is 10.3. The Hall–Kier alpha value is -2.57. The molecule has 0 saturated carbocycles. The number of nitrogens with zero attached hydrogens (tertiary/aromatic N) is 1. The smallest absolute Gasteiger partial charge is 0.273 e. The summed E-state index contributed by atoms with van der Waals surface area (Å²) in [7, 11) is 0. The van der Waals surface area contributed by atoms with Crippen molar-refractivity contribution in [3.63, 3.8) is 0 Å². The molecule has 0 aromatic carbocycles. The molecule has 0 unspecified atom stereocenters. The number of carbonyl (C=O) groups excluding carboxylic acids is 2. The second-order valence-electron chi connectivity index (χ2n) is 3.86. The molecule has 2 heterocycles. The minimum Gasteiger partial charge on any atom is -0.467 e. The van der Waals surface area contributed by atoms with Gasteiger partial charge in [-0.1, -0.05) is 5.16 Å². The Morgan fingerprint density at radius 1 is 1.37 bits per heavy atom. The number of carbonyl (C=O) groups is 2. The van der Waals surface area contributed by atoms with E-state index >= 15 is 0 Å². The third kappa shape index (κ3) is 3.70. The second-order valence-corrected chi connectivity index (χ2v) is 3.86. The normalized spacial score (nSPS) is 10.2. The predicted molar refractivity (Wildman–Crippen MR) is 64.1 cm³/mol. The largest absolute Gasteiger partial charge is 0.467 e. The Morgan fingerprint density at radius 2 is 2.21 bits per heavy atom. The van der Waals surface area contributed by atoms with Gasteiger partial charge in [0.1, 0.15) is 11.5 Å². The predicted octanol–water partition coefficient (Wildman–Crippen LogP) is 0.622. The number of nitrogens with one attached hydrogen (secondary N) is 2. The van der Waals surface area contributed by atoms with Crippen LogP contribution in [0.25, 0.3) is 0 Å². The first-order valence-electron chi connectivity index (χ1n) is 5.66. The van der Waals surface area contributed by atoms with Crippen LogP contribution in [-0.4, -0.2) is 23.5 Å². The Kier molecular flexibility index (Phi) is 3.97. The van der Waals surface area contributed by atoms with Crippen molar-refractivity contribution in [1.29, 1.82) is 0 Å². The van der Waals surface area contributed by atoms with Gasteiger partial charge in [-0.2, -0.15) is 0 Å². The molecule has 7 heteroatoms.